The number of amides is 1. The number of piperazine rings is 1. The number of nitrogens with zero attached hydrogens (tertiary/aromatic N) is 4. The molecule has 2 aromatic rings. The summed E-state index contributed by atoms with van der Waals surface area (Å²) in [6, 6.07) is 19.1. The molecule has 0 aromatic heterocycles. The lowest BCUT2D eigenvalue weighted by molar-refractivity contribution is -0.132. The van der Waals surface area contributed by atoms with Crippen molar-refractivity contribution in [3.05, 3.63) is 60.2 Å². The molecule has 29 heavy (non-hydrogen) atoms. The van der Waals surface area contributed by atoms with Gasteiger partial charge in [0.05, 0.1) is 6.54 Å². The number of hydrogen-bond donors (Lipinski definition) is 0. The Balaban J connectivity index is 1.29. The first-order chi connectivity index (χ1) is 14.2. The van der Waals surface area contributed by atoms with Crippen LogP contribution in [-0.2, 0) is 11.3 Å². The van der Waals surface area contributed by atoms with Crippen molar-refractivity contribution in [1.82, 2.24) is 9.80 Å². The van der Waals surface area contributed by atoms with E-state index in [1.165, 1.54) is 29.8 Å². The van der Waals surface area contributed by atoms with Crippen LogP contribution in [0.3, 0.4) is 0 Å². The van der Waals surface area contributed by atoms with E-state index in [0.29, 0.717) is 6.54 Å². The topological polar surface area (TPSA) is 30.0 Å². The molecule has 2 aliphatic heterocycles. The number of carbonyl (C=O) groups is 1. The van der Waals surface area contributed by atoms with Gasteiger partial charge >= 0.3 is 0 Å². The first-order valence-electron chi connectivity index (χ1n) is 10.8. The Morgan fingerprint density at radius 2 is 1.48 bits per heavy atom. The standard InChI is InChI=1S/C24H32N4O/c1-25(19-21-9-5-6-12-23(21)27-13-7-8-14-27)20-24(29)28-17-15-26(16-18-28)22-10-3-2-4-11-22/h2-6,9-12H,7-8,13-20H2,1H3. The summed E-state index contributed by atoms with van der Waals surface area (Å²) in [7, 11) is 2.05. The fourth-order valence-electron chi connectivity index (χ4n) is 4.44. The summed E-state index contributed by atoms with van der Waals surface area (Å²) in [6.45, 7) is 6.96. The van der Waals surface area contributed by atoms with Crippen LogP contribution >= 0.6 is 0 Å². The molecule has 5 nitrogen and oxygen atoms in total. The lowest BCUT2D eigenvalue weighted by Gasteiger charge is -2.36. The zero-order valence-electron chi connectivity index (χ0n) is 17.5. The fraction of sp³-hybridized carbons (Fsp3) is 0.458. The maximum atomic E-state index is 12.8. The maximum absolute atomic E-state index is 12.8. The average molecular weight is 393 g/mol. The predicted molar refractivity (Wildman–Crippen MR) is 119 cm³/mol. The summed E-state index contributed by atoms with van der Waals surface area (Å²) < 4.78 is 0. The second-order valence-corrected chi connectivity index (χ2v) is 8.20. The van der Waals surface area contributed by atoms with E-state index in [-0.39, 0.29) is 5.91 Å². The van der Waals surface area contributed by atoms with E-state index in [4.69, 9.17) is 0 Å². The van der Waals surface area contributed by atoms with Gasteiger partial charge in [0.1, 0.15) is 0 Å². The number of benzene rings is 2. The number of para-hydroxylation sites is 2. The summed E-state index contributed by atoms with van der Waals surface area (Å²) >= 11 is 0. The van der Waals surface area contributed by atoms with Crippen LogP contribution < -0.4 is 9.80 Å². The SMILES string of the molecule is CN(CC(=O)N1CCN(c2ccccc2)CC1)Cc1ccccc1N1CCCC1. The van der Waals surface area contributed by atoms with Gasteiger partial charge in [0.25, 0.3) is 0 Å². The van der Waals surface area contributed by atoms with Crippen molar-refractivity contribution in [2.45, 2.75) is 19.4 Å². The highest BCUT2D eigenvalue weighted by molar-refractivity contribution is 5.78. The van der Waals surface area contributed by atoms with Crippen LogP contribution in [0.15, 0.2) is 54.6 Å². The average Bonchev–Trinajstić information content (AvgIpc) is 3.29. The zero-order chi connectivity index (χ0) is 20.1. The van der Waals surface area contributed by atoms with Crippen molar-refractivity contribution in [2.75, 3.05) is 62.7 Å². The smallest absolute Gasteiger partial charge is 0.236 e. The highest BCUT2D eigenvalue weighted by Gasteiger charge is 2.23. The van der Waals surface area contributed by atoms with Crippen molar-refractivity contribution in [3.63, 3.8) is 0 Å². The number of likely N-dealkylation sites (N-methyl/N-ethyl adjacent to an activating group) is 1. The third kappa shape index (κ3) is 4.91. The fourth-order valence-corrected chi connectivity index (χ4v) is 4.44. The Hall–Kier alpha value is -2.53. The van der Waals surface area contributed by atoms with Crippen molar-refractivity contribution < 1.29 is 4.79 Å². The predicted octanol–water partition coefficient (Wildman–Crippen LogP) is 3.07. The molecule has 0 aliphatic carbocycles. The van der Waals surface area contributed by atoms with Crippen LogP contribution in [0, 0.1) is 0 Å². The minimum absolute atomic E-state index is 0.235. The van der Waals surface area contributed by atoms with Gasteiger partial charge in [-0.1, -0.05) is 36.4 Å². The summed E-state index contributed by atoms with van der Waals surface area (Å²) in [5.41, 5.74) is 3.90. The van der Waals surface area contributed by atoms with Gasteiger partial charge in [-0.2, -0.15) is 0 Å². The molecule has 0 bridgehead atoms. The monoisotopic (exact) mass is 392 g/mol. The number of anilines is 2. The number of rotatable bonds is 6. The molecule has 2 saturated heterocycles. The van der Waals surface area contributed by atoms with Gasteiger partial charge in [-0.3, -0.25) is 9.69 Å². The quantitative estimate of drug-likeness (QED) is 0.756. The van der Waals surface area contributed by atoms with Crippen molar-refractivity contribution in [3.8, 4) is 0 Å². The lowest BCUT2D eigenvalue weighted by Crippen LogP contribution is -2.51. The van der Waals surface area contributed by atoms with Gasteiger partial charge in [0.15, 0.2) is 0 Å². The largest absolute Gasteiger partial charge is 0.371 e. The van der Waals surface area contributed by atoms with E-state index in [9.17, 15) is 4.79 Å². The molecular formula is C24H32N4O. The van der Waals surface area contributed by atoms with Crippen molar-refractivity contribution in [1.29, 1.82) is 0 Å². The highest BCUT2D eigenvalue weighted by Crippen LogP contribution is 2.25. The Morgan fingerprint density at radius 3 is 2.21 bits per heavy atom. The van der Waals surface area contributed by atoms with Crippen LogP contribution in [0.4, 0.5) is 11.4 Å². The molecule has 154 valence electrons. The molecule has 0 atom stereocenters. The Bertz CT molecular complexity index is 796. The third-order valence-corrected chi connectivity index (χ3v) is 6.04. The molecule has 0 radical (unpaired) electrons. The van der Waals surface area contributed by atoms with E-state index < -0.39 is 0 Å². The van der Waals surface area contributed by atoms with Gasteiger partial charge < -0.3 is 14.7 Å². The Labute approximate surface area is 174 Å². The van der Waals surface area contributed by atoms with Crippen LogP contribution in [0.1, 0.15) is 18.4 Å². The molecule has 2 aliphatic rings. The Kier molecular flexibility index (Phi) is 6.35. The van der Waals surface area contributed by atoms with Crippen LogP contribution in [0.5, 0.6) is 0 Å². The first-order valence-corrected chi connectivity index (χ1v) is 10.8. The maximum Gasteiger partial charge on any atom is 0.236 e. The van der Waals surface area contributed by atoms with Crippen molar-refractivity contribution >= 4 is 17.3 Å². The van der Waals surface area contributed by atoms with E-state index in [1.54, 1.807) is 0 Å². The molecule has 0 spiro atoms. The molecule has 2 aromatic carbocycles. The van der Waals surface area contributed by atoms with Crippen LogP contribution in [0.25, 0.3) is 0 Å². The zero-order valence-corrected chi connectivity index (χ0v) is 17.5. The molecule has 4 rings (SSSR count). The van der Waals surface area contributed by atoms with Gasteiger partial charge in [-0.15, -0.1) is 0 Å². The van der Waals surface area contributed by atoms with E-state index in [0.717, 1.165) is 45.8 Å². The van der Waals surface area contributed by atoms with Gasteiger partial charge in [0.2, 0.25) is 5.91 Å². The lowest BCUT2D eigenvalue weighted by atomic mass is 10.1. The number of carbonyl (C=O) groups excluding carboxylic acids is 1. The minimum atomic E-state index is 0.235. The normalized spacial score (nSPS) is 17.2. The van der Waals surface area contributed by atoms with E-state index >= 15 is 0 Å². The Morgan fingerprint density at radius 1 is 0.828 bits per heavy atom. The molecule has 0 unspecified atom stereocenters. The van der Waals surface area contributed by atoms with Crippen LogP contribution in [-0.4, -0.2) is 68.6 Å². The molecular weight excluding hydrogens is 360 g/mol. The highest BCUT2D eigenvalue weighted by atomic mass is 16.2. The summed E-state index contributed by atoms with van der Waals surface area (Å²) in [4.78, 5) is 21.8. The van der Waals surface area contributed by atoms with Gasteiger partial charge in [-0.25, -0.2) is 0 Å². The third-order valence-electron chi connectivity index (χ3n) is 6.04. The molecule has 1 amide bonds. The summed E-state index contributed by atoms with van der Waals surface area (Å²) in [5, 5.41) is 0. The molecule has 0 saturated carbocycles. The second kappa shape index (κ2) is 9.31. The van der Waals surface area contributed by atoms with E-state index in [1.807, 2.05) is 11.0 Å². The molecule has 2 fully saturated rings. The molecule has 5 heteroatoms. The molecule has 0 N–H and O–H groups in total. The van der Waals surface area contributed by atoms with Crippen LogP contribution in [0.2, 0.25) is 0 Å². The number of hydrogen-bond acceptors (Lipinski definition) is 4. The van der Waals surface area contributed by atoms with Gasteiger partial charge in [0, 0.05) is 57.2 Å². The summed E-state index contributed by atoms with van der Waals surface area (Å²) in [6.07, 6.45) is 2.55. The minimum Gasteiger partial charge on any atom is -0.371 e. The summed E-state index contributed by atoms with van der Waals surface area (Å²) in [5.74, 6) is 0.235. The van der Waals surface area contributed by atoms with Crippen molar-refractivity contribution in [2.24, 2.45) is 0 Å². The van der Waals surface area contributed by atoms with E-state index in [2.05, 4.69) is 70.3 Å². The van der Waals surface area contributed by atoms with Gasteiger partial charge in [-0.05, 0) is 43.7 Å². The molecule has 2 heterocycles. The second-order valence-electron chi connectivity index (χ2n) is 8.20. The first kappa shape index (κ1) is 19.8.